The monoisotopic (exact) mass is 224 g/mol. The molecular weight excluding hydrogens is 212 g/mol. The highest BCUT2D eigenvalue weighted by Gasteiger charge is 2.11. The number of fused-ring (bicyclic) bond motifs is 1. The van der Waals surface area contributed by atoms with Gasteiger partial charge in [0.2, 0.25) is 0 Å². The quantitative estimate of drug-likeness (QED) is 0.728. The van der Waals surface area contributed by atoms with Gasteiger partial charge in [0.1, 0.15) is 5.69 Å². The third kappa shape index (κ3) is 1.61. The first-order valence-corrected chi connectivity index (χ1v) is 5.53. The van der Waals surface area contributed by atoms with Gasteiger partial charge in [0.05, 0.1) is 5.39 Å². The SMILES string of the molecule is NCc1cccc2c(-c3ccccc3)noc12. The summed E-state index contributed by atoms with van der Waals surface area (Å²) in [6.07, 6.45) is 0. The highest BCUT2D eigenvalue weighted by atomic mass is 16.5. The van der Waals surface area contributed by atoms with Crippen LogP contribution in [-0.2, 0) is 6.54 Å². The van der Waals surface area contributed by atoms with Gasteiger partial charge in [-0.2, -0.15) is 0 Å². The molecule has 2 aromatic carbocycles. The molecule has 0 spiro atoms. The highest BCUT2D eigenvalue weighted by Crippen LogP contribution is 2.29. The molecule has 0 saturated carbocycles. The van der Waals surface area contributed by atoms with Crippen molar-refractivity contribution in [2.24, 2.45) is 5.73 Å². The Labute approximate surface area is 98.8 Å². The molecule has 84 valence electrons. The fourth-order valence-electron chi connectivity index (χ4n) is 1.98. The standard InChI is InChI=1S/C14H12N2O/c15-9-11-7-4-8-12-13(16-17-14(11)12)10-5-2-1-3-6-10/h1-8H,9,15H2. The predicted molar refractivity (Wildman–Crippen MR) is 67.3 cm³/mol. The van der Waals surface area contributed by atoms with Crippen molar-refractivity contribution in [2.45, 2.75) is 6.54 Å². The van der Waals surface area contributed by atoms with Crippen LogP contribution in [0.15, 0.2) is 53.1 Å². The van der Waals surface area contributed by atoms with Crippen LogP contribution in [0.4, 0.5) is 0 Å². The summed E-state index contributed by atoms with van der Waals surface area (Å²) >= 11 is 0. The van der Waals surface area contributed by atoms with Gasteiger partial charge in [-0.3, -0.25) is 0 Å². The lowest BCUT2D eigenvalue weighted by molar-refractivity contribution is 0.457. The molecule has 3 aromatic rings. The second-order valence-electron chi connectivity index (χ2n) is 3.90. The second-order valence-corrected chi connectivity index (χ2v) is 3.90. The third-order valence-electron chi connectivity index (χ3n) is 2.85. The maximum atomic E-state index is 5.68. The van der Waals surface area contributed by atoms with Crippen LogP contribution < -0.4 is 5.73 Å². The van der Waals surface area contributed by atoms with E-state index in [0.717, 1.165) is 27.8 Å². The Bertz CT molecular complexity index is 644. The summed E-state index contributed by atoms with van der Waals surface area (Å²) in [7, 11) is 0. The van der Waals surface area contributed by atoms with Crippen LogP contribution in [0.3, 0.4) is 0 Å². The van der Waals surface area contributed by atoms with Crippen molar-refractivity contribution in [3.05, 3.63) is 54.1 Å². The van der Waals surface area contributed by atoms with Crippen molar-refractivity contribution >= 4 is 11.0 Å². The zero-order chi connectivity index (χ0) is 11.7. The minimum atomic E-state index is 0.459. The van der Waals surface area contributed by atoms with Crippen LogP contribution >= 0.6 is 0 Å². The number of rotatable bonds is 2. The van der Waals surface area contributed by atoms with Crippen molar-refractivity contribution in [1.82, 2.24) is 5.16 Å². The fourth-order valence-corrected chi connectivity index (χ4v) is 1.98. The van der Waals surface area contributed by atoms with Crippen LogP contribution in [-0.4, -0.2) is 5.16 Å². The Morgan fingerprint density at radius 2 is 1.82 bits per heavy atom. The van der Waals surface area contributed by atoms with Gasteiger partial charge in [0, 0.05) is 17.7 Å². The molecule has 0 fully saturated rings. The maximum absolute atomic E-state index is 5.68. The van der Waals surface area contributed by atoms with Crippen molar-refractivity contribution < 1.29 is 4.52 Å². The topological polar surface area (TPSA) is 52.0 Å². The molecule has 0 unspecified atom stereocenters. The first-order valence-electron chi connectivity index (χ1n) is 5.53. The number of hydrogen-bond acceptors (Lipinski definition) is 3. The number of aromatic nitrogens is 1. The molecule has 0 aliphatic carbocycles. The lowest BCUT2D eigenvalue weighted by Gasteiger charge is -1.97. The summed E-state index contributed by atoms with van der Waals surface area (Å²) in [6, 6.07) is 15.9. The van der Waals surface area contributed by atoms with Crippen molar-refractivity contribution in [3.63, 3.8) is 0 Å². The van der Waals surface area contributed by atoms with Gasteiger partial charge in [-0.15, -0.1) is 0 Å². The number of nitrogens with two attached hydrogens (primary N) is 1. The number of nitrogens with zero attached hydrogens (tertiary/aromatic N) is 1. The van der Waals surface area contributed by atoms with Gasteiger partial charge in [0.25, 0.3) is 0 Å². The summed E-state index contributed by atoms with van der Waals surface area (Å²) in [5, 5.41) is 5.16. The Balaban J connectivity index is 2.26. The molecule has 3 nitrogen and oxygen atoms in total. The van der Waals surface area contributed by atoms with E-state index in [0.29, 0.717) is 6.54 Å². The lowest BCUT2D eigenvalue weighted by Crippen LogP contribution is -1.95. The summed E-state index contributed by atoms with van der Waals surface area (Å²) in [5.41, 5.74) is 9.37. The average Bonchev–Trinajstić information content (AvgIpc) is 2.83. The van der Waals surface area contributed by atoms with Crippen LogP contribution in [0.25, 0.3) is 22.2 Å². The van der Waals surface area contributed by atoms with E-state index in [1.807, 2.05) is 48.5 Å². The molecule has 0 bridgehead atoms. The minimum Gasteiger partial charge on any atom is -0.355 e. The second kappa shape index (κ2) is 4.03. The first-order chi connectivity index (χ1) is 8.40. The summed E-state index contributed by atoms with van der Waals surface area (Å²) in [6.45, 7) is 0.459. The molecule has 0 aliphatic rings. The number of benzene rings is 2. The van der Waals surface area contributed by atoms with Gasteiger partial charge in [-0.25, -0.2) is 0 Å². The predicted octanol–water partition coefficient (Wildman–Crippen LogP) is 2.95. The largest absolute Gasteiger partial charge is 0.355 e. The summed E-state index contributed by atoms with van der Waals surface area (Å²) < 4.78 is 5.40. The number of hydrogen-bond donors (Lipinski definition) is 1. The molecule has 3 heteroatoms. The van der Waals surface area contributed by atoms with E-state index in [1.165, 1.54) is 0 Å². The van der Waals surface area contributed by atoms with Gasteiger partial charge in [-0.05, 0) is 6.07 Å². The molecule has 0 atom stereocenters. The van der Waals surface area contributed by atoms with Gasteiger partial charge >= 0.3 is 0 Å². The van der Waals surface area contributed by atoms with E-state index in [1.54, 1.807) is 0 Å². The summed E-state index contributed by atoms with van der Waals surface area (Å²) in [5.74, 6) is 0. The summed E-state index contributed by atoms with van der Waals surface area (Å²) in [4.78, 5) is 0. The van der Waals surface area contributed by atoms with E-state index in [-0.39, 0.29) is 0 Å². The molecule has 0 radical (unpaired) electrons. The molecule has 17 heavy (non-hydrogen) atoms. The smallest absolute Gasteiger partial charge is 0.171 e. The molecule has 1 heterocycles. The maximum Gasteiger partial charge on any atom is 0.171 e. The Morgan fingerprint density at radius 3 is 2.59 bits per heavy atom. The average molecular weight is 224 g/mol. The third-order valence-corrected chi connectivity index (χ3v) is 2.85. The van der Waals surface area contributed by atoms with Crippen LogP contribution in [0.1, 0.15) is 5.56 Å². The minimum absolute atomic E-state index is 0.459. The van der Waals surface area contributed by atoms with E-state index < -0.39 is 0 Å². The van der Waals surface area contributed by atoms with Crippen LogP contribution in [0, 0.1) is 0 Å². The number of para-hydroxylation sites is 1. The molecular formula is C14H12N2O. The molecule has 0 amide bonds. The molecule has 1 aromatic heterocycles. The molecule has 2 N–H and O–H groups in total. The van der Waals surface area contributed by atoms with Crippen LogP contribution in [0.2, 0.25) is 0 Å². The van der Waals surface area contributed by atoms with Crippen molar-refractivity contribution in [3.8, 4) is 11.3 Å². The van der Waals surface area contributed by atoms with E-state index in [9.17, 15) is 0 Å². The van der Waals surface area contributed by atoms with Crippen LogP contribution in [0.5, 0.6) is 0 Å². The fraction of sp³-hybridized carbons (Fsp3) is 0.0714. The van der Waals surface area contributed by atoms with Gasteiger partial charge in [-0.1, -0.05) is 47.6 Å². The van der Waals surface area contributed by atoms with Gasteiger partial charge < -0.3 is 10.3 Å². The van der Waals surface area contributed by atoms with Gasteiger partial charge in [0.15, 0.2) is 5.58 Å². The Hall–Kier alpha value is -2.13. The molecule has 3 rings (SSSR count). The Morgan fingerprint density at radius 1 is 1.00 bits per heavy atom. The van der Waals surface area contributed by atoms with E-state index in [4.69, 9.17) is 10.3 Å². The molecule has 0 aliphatic heterocycles. The van der Waals surface area contributed by atoms with E-state index in [2.05, 4.69) is 5.16 Å². The lowest BCUT2D eigenvalue weighted by atomic mass is 10.1. The highest BCUT2D eigenvalue weighted by molar-refractivity contribution is 5.93. The van der Waals surface area contributed by atoms with E-state index >= 15 is 0 Å². The zero-order valence-corrected chi connectivity index (χ0v) is 9.26. The van der Waals surface area contributed by atoms with Crippen molar-refractivity contribution in [2.75, 3.05) is 0 Å². The zero-order valence-electron chi connectivity index (χ0n) is 9.26. The van der Waals surface area contributed by atoms with Crippen molar-refractivity contribution in [1.29, 1.82) is 0 Å². The normalized spacial score (nSPS) is 10.9. The Kier molecular flexibility index (Phi) is 2.38. The first kappa shape index (κ1) is 10.1. The molecule has 0 saturated heterocycles.